The Kier molecular flexibility index (Phi) is 31.5. The predicted octanol–water partition coefficient (Wildman–Crippen LogP) is 14.5. The van der Waals surface area contributed by atoms with E-state index in [-0.39, 0.29) is 35.6 Å². The summed E-state index contributed by atoms with van der Waals surface area (Å²) in [5.41, 5.74) is 9.36. The molecule has 0 spiro atoms. The number of rotatable bonds is 24. The van der Waals surface area contributed by atoms with Gasteiger partial charge >= 0.3 is 19.5 Å². The summed E-state index contributed by atoms with van der Waals surface area (Å²) in [6, 6.07) is 53.5. The van der Waals surface area contributed by atoms with E-state index in [1.165, 1.54) is 28.3 Å². The largest absolute Gasteiger partial charge is 2.00 e. The standard InChI is InChI=1S/C29H64N4P3.C24H20B.C6H5Br.Ru/c1-14-15-16-23-36(28(10)11,29(12)13)32-19-22-33(20-17-30-34(24(2)3)25(4)5)21-18-31-35(26(6)7)27(8)9;1-5-13-21(14-6-1)25(22-15-7-2-8-16-22,23-17-9-3-10-18-23)24-19-11-4-12-20-24;7-6-4-2-1-3-5-6;/h16,24-31H,14-15,17-22H2,1-13H3;1-20H;1-5H;/q2*-1;;+2. The van der Waals surface area contributed by atoms with Crippen LogP contribution in [0.1, 0.15) is 103 Å². The molecule has 4 nitrogen and oxygen atoms in total. The Morgan fingerprint density at radius 3 is 1.12 bits per heavy atom. The zero-order chi connectivity index (χ0) is 50.0. The first-order chi connectivity index (χ1) is 32.6. The van der Waals surface area contributed by atoms with Crippen LogP contribution in [0.2, 0.25) is 0 Å². The van der Waals surface area contributed by atoms with Gasteiger partial charge in [-0.1, -0.05) is 258 Å². The Balaban J connectivity index is 0.000000422. The number of benzene rings is 5. The zero-order valence-electron chi connectivity index (χ0n) is 44.7. The summed E-state index contributed by atoms with van der Waals surface area (Å²) in [6.45, 7) is 36.9. The minimum absolute atomic E-state index is 0. The molecular formula is C59H89BBrN4P3Ru. The van der Waals surface area contributed by atoms with E-state index in [9.17, 15) is 0 Å². The Labute approximate surface area is 447 Å². The second kappa shape index (κ2) is 34.4. The number of nitrogens with zero attached hydrogens (tertiary/aromatic N) is 2. The molecule has 0 saturated heterocycles. The first-order valence-electron chi connectivity index (χ1n) is 25.6. The maximum Gasteiger partial charge on any atom is 2.00 e. The maximum atomic E-state index is 5.46. The molecular weight excluding hydrogens is 1050 g/mol. The molecule has 0 radical (unpaired) electrons. The van der Waals surface area contributed by atoms with E-state index < -0.39 is 13.2 Å². The number of unbranched alkanes of at least 4 members (excludes halogenated alkanes) is 1. The van der Waals surface area contributed by atoms with Crippen LogP contribution in [0.25, 0.3) is 0 Å². The summed E-state index contributed by atoms with van der Waals surface area (Å²) < 4.78 is 6.59. The zero-order valence-corrected chi connectivity index (χ0v) is 50.7. The molecule has 0 amide bonds. The molecule has 378 valence electrons. The van der Waals surface area contributed by atoms with Crippen LogP contribution in [0.5, 0.6) is 0 Å². The Morgan fingerprint density at radius 2 is 0.855 bits per heavy atom. The molecule has 0 atom stereocenters. The van der Waals surface area contributed by atoms with Crippen LogP contribution in [0.3, 0.4) is 0 Å². The van der Waals surface area contributed by atoms with Crippen molar-refractivity contribution < 1.29 is 19.5 Å². The van der Waals surface area contributed by atoms with E-state index in [4.69, 9.17) is 4.74 Å². The van der Waals surface area contributed by atoms with Gasteiger partial charge in [-0.25, -0.2) is 0 Å². The van der Waals surface area contributed by atoms with E-state index >= 15 is 0 Å². The van der Waals surface area contributed by atoms with Crippen molar-refractivity contribution in [2.24, 2.45) is 4.74 Å². The molecule has 69 heavy (non-hydrogen) atoms. The summed E-state index contributed by atoms with van der Waals surface area (Å²) in [5.74, 6) is 3.85. The summed E-state index contributed by atoms with van der Waals surface area (Å²) in [7, 11) is -1.85. The topological polar surface area (TPSA) is 39.7 Å². The van der Waals surface area contributed by atoms with E-state index in [1.54, 1.807) is 0 Å². The van der Waals surface area contributed by atoms with Crippen LogP contribution in [0, 0.1) is 5.82 Å². The molecule has 0 bridgehead atoms. The van der Waals surface area contributed by atoms with Crippen molar-refractivity contribution in [3.63, 3.8) is 0 Å². The first kappa shape index (κ1) is 63.1. The Morgan fingerprint density at radius 1 is 0.536 bits per heavy atom. The van der Waals surface area contributed by atoms with Gasteiger partial charge in [-0.05, 0) is 62.2 Å². The Hall–Kier alpha value is -2.02. The number of nitrogens with one attached hydrogen (secondary N) is 2. The van der Waals surface area contributed by atoms with E-state index in [0.717, 1.165) is 72.8 Å². The van der Waals surface area contributed by atoms with Gasteiger partial charge in [0.1, 0.15) is 6.15 Å². The molecule has 0 saturated carbocycles. The first-order valence-corrected chi connectivity index (χ1v) is 31.3. The average molecular weight is 1140 g/mol. The van der Waals surface area contributed by atoms with Crippen molar-refractivity contribution in [1.29, 1.82) is 0 Å². The van der Waals surface area contributed by atoms with E-state index in [0.29, 0.717) is 11.3 Å². The fourth-order valence-electron chi connectivity index (χ4n) is 9.44. The smallest absolute Gasteiger partial charge is 0.451 e. The molecule has 0 aliphatic carbocycles. The van der Waals surface area contributed by atoms with Crippen molar-refractivity contribution in [2.45, 2.75) is 137 Å². The molecule has 5 aromatic carbocycles. The van der Waals surface area contributed by atoms with Crippen LogP contribution in [-0.2, 0) is 19.5 Å². The SMILES string of the molecule is Brc1ccccc1.CCCC=[C-]P(=NCCN(CCNP(C(C)C)C(C)C)CCNP(C(C)C)C(C)C)(C(C)C)C(C)C.[Ru+2].c1ccc([B-](c2ccccc2)(c2ccccc2)c2ccccc2)cc1. The summed E-state index contributed by atoms with van der Waals surface area (Å²) >= 11 is 3.31. The van der Waals surface area contributed by atoms with Crippen molar-refractivity contribution in [3.8, 4) is 0 Å². The van der Waals surface area contributed by atoms with Crippen molar-refractivity contribution >= 4 is 67.1 Å². The molecule has 5 rings (SSSR count). The van der Waals surface area contributed by atoms with Gasteiger partial charge in [-0.15, -0.1) is 0 Å². The maximum absolute atomic E-state index is 5.46. The van der Waals surface area contributed by atoms with Crippen LogP contribution >= 0.6 is 39.1 Å². The van der Waals surface area contributed by atoms with Gasteiger partial charge in [0.2, 0.25) is 0 Å². The predicted molar refractivity (Wildman–Crippen MR) is 318 cm³/mol. The number of halogens is 1. The fourth-order valence-corrected chi connectivity index (χ4v) is 17.7. The fraction of sp³-hybridized carbons (Fsp3) is 0.458. The normalized spacial score (nSPS) is 12.0. The van der Waals surface area contributed by atoms with Crippen molar-refractivity contribution in [1.82, 2.24) is 15.1 Å². The Bertz CT molecular complexity index is 1910. The van der Waals surface area contributed by atoms with E-state index in [2.05, 4.69) is 254 Å². The third-order valence-corrected chi connectivity index (χ3v) is 23.2. The van der Waals surface area contributed by atoms with Gasteiger partial charge in [0.15, 0.2) is 0 Å². The second-order valence-electron chi connectivity index (χ2n) is 19.6. The summed E-state index contributed by atoms with van der Waals surface area (Å²) in [6.07, 6.45) is 3.38. The number of hydrogen-bond donors (Lipinski definition) is 2. The third kappa shape index (κ3) is 20.4. The molecule has 0 aliphatic heterocycles. The molecule has 0 aliphatic rings. The summed E-state index contributed by atoms with van der Waals surface area (Å²) in [5, 5.41) is 7.86. The molecule has 0 fully saturated rings. The third-order valence-electron chi connectivity index (χ3n) is 12.7. The number of allylic oxidation sites excluding steroid dienone is 1. The molecule has 10 heteroatoms. The second-order valence-corrected chi connectivity index (χ2v) is 31.0. The summed E-state index contributed by atoms with van der Waals surface area (Å²) in [4.78, 5) is 2.65. The van der Waals surface area contributed by atoms with Gasteiger partial charge in [0.25, 0.3) is 0 Å². The van der Waals surface area contributed by atoms with E-state index in [1.807, 2.05) is 30.3 Å². The van der Waals surface area contributed by atoms with Gasteiger partial charge in [0.05, 0.1) is 0 Å². The van der Waals surface area contributed by atoms with Gasteiger partial charge in [0, 0.05) is 43.7 Å². The van der Waals surface area contributed by atoms with Crippen LogP contribution < -0.4 is 32.0 Å². The molecule has 5 aromatic rings. The van der Waals surface area contributed by atoms with Crippen LogP contribution in [0.15, 0.2) is 167 Å². The molecule has 0 heterocycles. The molecule has 0 unspecified atom stereocenters. The van der Waals surface area contributed by atoms with Crippen LogP contribution in [0.4, 0.5) is 0 Å². The monoisotopic (exact) mass is 1140 g/mol. The van der Waals surface area contributed by atoms with Gasteiger partial charge < -0.3 is 10.6 Å². The van der Waals surface area contributed by atoms with Gasteiger partial charge in [-0.2, -0.15) is 28.9 Å². The minimum Gasteiger partial charge on any atom is -0.451 e. The van der Waals surface area contributed by atoms with Crippen molar-refractivity contribution in [3.05, 3.63) is 168 Å². The van der Waals surface area contributed by atoms with Crippen molar-refractivity contribution in [2.75, 3.05) is 39.3 Å². The molecule has 0 aromatic heterocycles. The van der Waals surface area contributed by atoms with Crippen LogP contribution in [-0.4, -0.2) is 84.3 Å². The number of hydrogen-bond acceptors (Lipinski definition) is 4. The minimum atomic E-state index is -1.59. The van der Waals surface area contributed by atoms with Gasteiger partial charge in [-0.3, -0.25) is 21.2 Å². The quantitative estimate of drug-likeness (QED) is 0.0367. The average Bonchev–Trinajstić information content (AvgIpc) is 3.32. The molecule has 2 N–H and O–H groups in total.